The van der Waals surface area contributed by atoms with Gasteiger partial charge in [-0.05, 0) is 64.3 Å². The van der Waals surface area contributed by atoms with Gasteiger partial charge in [-0.25, -0.2) is 4.39 Å². The van der Waals surface area contributed by atoms with Crippen molar-refractivity contribution in [2.75, 3.05) is 0 Å². The zero-order valence-corrected chi connectivity index (χ0v) is 18.8. The molecule has 0 saturated carbocycles. The number of benzene rings is 3. The van der Waals surface area contributed by atoms with E-state index >= 15 is 0 Å². The van der Waals surface area contributed by atoms with Crippen LogP contribution >= 0.6 is 31.9 Å². The van der Waals surface area contributed by atoms with E-state index in [1.807, 2.05) is 12.1 Å². The van der Waals surface area contributed by atoms with Crippen LogP contribution in [0, 0.1) is 12.7 Å². The lowest BCUT2D eigenvalue weighted by molar-refractivity contribution is 0.412. The van der Waals surface area contributed by atoms with Gasteiger partial charge in [0.05, 0.1) is 4.47 Å². The molecule has 3 aromatic carbocycles. The zero-order valence-electron chi connectivity index (χ0n) is 15.7. The molecule has 0 aromatic heterocycles. The van der Waals surface area contributed by atoms with Crippen molar-refractivity contribution in [2.45, 2.75) is 25.6 Å². The molecule has 0 bridgehead atoms. The fourth-order valence-corrected chi connectivity index (χ4v) is 4.26. The van der Waals surface area contributed by atoms with Crippen LogP contribution in [-0.2, 0) is 0 Å². The monoisotopic (exact) mass is 516 g/mol. The molecule has 0 fully saturated rings. The minimum atomic E-state index is -0.361. The summed E-state index contributed by atoms with van der Waals surface area (Å²) in [6.07, 6.45) is 0.270. The lowest BCUT2D eigenvalue weighted by Crippen LogP contribution is -2.33. The summed E-state index contributed by atoms with van der Waals surface area (Å²) in [5, 5.41) is 14.0. The van der Waals surface area contributed by atoms with Gasteiger partial charge < -0.3 is 5.11 Å². The van der Waals surface area contributed by atoms with E-state index in [4.69, 9.17) is 4.99 Å². The van der Waals surface area contributed by atoms with Crippen LogP contribution in [0.3, 0.4) is 0 Å². The second kappa shape index (κ2) is 8.38. The Balaban J connectivity index is 1.78. The van der Waals surface area contributed by atoms with Crippen molar-refractivity contribution in [2.24, 2.45) is 4.99 Å². The maximum Gasteiger partial charge on any atom is 0.137 e. The van der Waals surface area contributed by atoms with E-state index in [-0.39, 0.29) is 23.8 Å². The van der Waals surface area contributed by atoms with Crippen molar-refractivity contribution in [1.82, 2.24) is 5.32 Å². The molecule has 1 heterocycles. The molecule has 29 heavy (non-hydrogen) atoms. The zero-order chi connectivity index (χ0) is 20.5. The molecule has 2 atom stereocenters. The SMILES string of the molecule is Cc1ccc(C2=N[C@H](c3ccc(F)c(Br)c3)N[C@H](c3cc(Br)ccc3O)C2)cc1. The summed E-state index contributed by atoms with van der Waals surface area (Å²) in [6, 6.07) is 18.4. The van der Waals surface area contributed by atoms with E-state index in [0.29, 0.717) is 10.9 Å². The number of nitrogens with one attached hydrogen (secondary N) is 1. The molecule has 1 aliphatic heterocycles. The van der Waals surface area contributed by atoms with Crippen molar-refractivity contribution in [3.63, 3.8) is 0 Å². The van der Waals surface area contributed by atoms with Crippen LogP contribution in [0.5, 0.6) is 5.75 Å². The molecular formula is C23H19Br2FN2O. The van der Waals surface area contributed by atoms with Crippen LogP contribution in [0.2, 0.25) is 0 Å². The molecule has 0 spiro atoms. The van der Waals surface area contributed by atoms with Crippen molar-refractivity contribution in [1.29, 1.82) is 0 Å². The van der Waals surface area contributed by atoms with Gasteiger partial charge in [-0.2, -0.15) is 0 Å². The van der Waals surface area contributed by atoms with Crippen LogP contribution in [0.4, 0.5) is 4.39 Å². The molecule has 0 unspecified atom stereocenters. The van der Waals surface area contributed by atoms with Gasteiger partial charge >= 0.3 is 0 Å². The van der Waals surface area contributed by atoms with Gasteiger partial charge in [-0.1, -0.05) is 51.8 Å². The molecule has 1 aliphatic rings. The van der Waals surface area contributed by atoms with Crippen molar-refractivity contribution in [3.8, 4) is 5.75 Å². The average molecular weight is 518 g/mol. The quantitative estimate of drug-likeness (QED) is 0.411. The molecule has 3 nitrogen and oxygen atoms in total. The molecular weight excluding hydrogens is 499 g/mol. The van der Waals surface area contributed by atoms with Crippen LogP contribution in [0.1, 0.15) is 40.9 Å². The summed E-state index contributed by atoms with van der Waals surface area (Å²) in [5.74, 6) is -0.0802. The molecule has 0 saturated heterocycles. The normalized spacial score (nSPS) is 19.1. The first-order valence-electron chi connectivity index (χ1n) is 9.24. The Labute approximate surface area is 186 Å². The Hall–Kier alpha value is -2.02. The maximum atomic E-state index is 13.7. The van der Waals surface area contributed by atoms with E-state index in [0.717, 1.165) is 26.9 Å². The second-order valence-electron chi connectivity index (χ2n) is 7.14. The summed E-state index contributed by atoms with van der Waals surface area (Å²) in [7, 11) is 0. The number of hydrogen-bond donors (Lipinski definition) is 2. The fraction of sp³-hybridized carbons (Fsp3) is 0.174. The number of phenolic OH excluding ortho intramolecular Hbond substituents is 1. The van der Waals surface area contributed by atoms with Gasteiger partial charge in [-0.3, -0.25) is 10.3 Å². The third kappa shape index (κ3) is 4.44. The predicted molar refractivity (Wildman–Crippen MR) is 121 cm³/mol. The highest BCUT2D eigenvalue weighted by atomic mass is 79.9. The molecule has 148 valence electrons. The standard InChI is InChI=1S/C23H19Br2FN2O/c1-13-2-4-14(5-3-13)20-12-21(17-11-16(24)7-9-22(17)29)28-23(27-20)15-6-8-19(26)18(25)10-15/h2-11,21,23,28-29H,12H2,1H3/t21-,23-/m0/s1. The highest BCUT2D eigenvalue weighted by Gasteiger charge is 2.28. The average Bonchev–Trinajstić information content (AvgIpc) is 2.72. The van der Waals surface area contributed by atoms with E-state index in [1.165, 1.54) is 11.6 Å². The molecule has 0 radical (unpaired) electrons. The first kappa shape index (κ1) is 20.3. The first-order chi connectivity index (χ1) is 13.9. The number of aromatic hydroxyl groups is 1. The van der Waals surface area contributed by atoms with Gasteiger partial charge in [-0.15, -0.1) is 0 Å². The highest BCUT2D eigenvalue weighted by Crippen LogP contribution is 2.36. The van der Waals surface area contributed by atoms with Gasteiger partial charge in [0, 0.05) is 28.2 Å². The summed E-state index contributed by atoms with van der Waals surface area (Å²) in [4.78, 5) is 4.92. The van der Waals surface area contributed by atoms with E-state index < -0.39 is 0 Å². The van der Waals surface area contributed by atoms with Crippen LogP contribution < -0.4 is 5.32 Å². The number of nitrogens with zero attached hydrogens (tertiary/aromatic N) is 1. The molecule has 4 rings (SSSR count). The Morgan fingerprint density at radius 1 is 1.03 bits per heavy atom. The lowest BCUT2D eigenvalue weighted by atomic mass is 9.93. The number of aliphatic imine (C=N–C) groups is 1. The number of rotatable bonds is 3. The molecule has 0 aliphatic carbocycles. The lowest BCUT2D eigenvalue weighted by Gasteiger charge is -2.31. The van der Waals surface area contributed by atoms with Crippen LogP contribution in [-0.4, -0.2) is 10.8 Å². The van der Waals surface area contributed by atoms with Gasteiger partial charge in [0.1, 0.15) is 17.7 Å². The second-order valence-corrected chi connectivity index (χ2v) is 8.91. The highest BCUT2D eigenvalue weighted by molar-refractivity contribution is 9.10. The van der Waals surface area contributed by atoms with Crippen molar-refractivity contribution < 1.29 is 9.50 Å². The molecule has 2 N–H and O–H groups in total. The Morgan fingerprint density at radius 3 is 2.52 bits per heavy atom. The predicted octanol–water partition coefficient (Wildman–Crippen LogP) is 6.59. The minimum Gasteiger partial charge on any atom is -0.508 e. The molecule has 3 aromatic rings. The van der Waals surface area contributed by atoms with Gasteiger partial charge in [0.25, 0.3) is 0 Å². The van der Waals surface area contributed by atoms with E-state index in [2.05, 4.69) is 68.4 Å². The molecule has 0 amide bonds. The number of hydrogen-bond acceptors (Lipinski definition) is 3. The summed E-state index contributed by atoms with van der Waals surface area (Å²) in [6.45, 7) is 2.05. The van der Waals surface area contributed by atoms with Gasteiger partial charge in [0.15, 0.2) is 0 Å². The van der Waals surface area contributed by atoms with Crippen molar-refractivity contribution >= 4 is 37.6 Å². The third-order valence-electron chi connectivity index (χ3n) is 5.05. The van der Waals surface area contributed by atoms with Crippen LogP contribution in [0.25, 0.3) is 0 Å². The fourth-order valence-electron chi connectivity index (χ4n) is 3.48. The smallest absolute Gasteiger partial charge is 0.137 e. The van der Waals surface area contributed by atoms with E-state index in [9.17, 15) is 9.50 Å². The molecule has 6 heteroatoms. The Kier molecular flexibility index (Phi) is 5.86. The van der Waals surface area contributed by atoms with Gasteiger partial charge in [0.2, 0.25) is 0 Å². The largest absolute Gasteiger partial charge is 0.508 e. The Bertz CT molecular complexity index is 1080. The topological polar surface area (TPSA) is 44.6 Å². The van der Waals surface area contributed by atoms with Crippen molar-refractivity contribution in [3.05, 3.63) is 97.7 Å². The number of halogens is 3. The number of phenols is 1. The number of aryl methyl sites for hydroxylation is 1. The maximum absolute atomic E-state index is 13.7. The summed E-state index contributed by atoms with van der Waals surface area (Å²) in [5.41, 5.74) is 4.82. The first-order valence-corrected chi connectivity index (χ1v) is 10.8. The Morgan fingerprint density at radius 2 is 1.79 bits per heavy atom. The summed E-state index contributed by atoms with van der Waals surface area (Å²) >= 11 is 6.76. The minimum absolute atomic E-state index is 0.143. The van der Waals surface area contributed by atoms with E-state index in [1.54, 1.807) is 18.2 Å². The third-order valence-corrected chi connectivity index (χ3v) is 6.15. The summed E-state index contributed by atoms with van der Waals surface area (Å²) < 4.78 is 15.0. The van der Waals surface area contributed by atoms with Crippen LogP contribution in [0.15, 0.2) is 74.6 Å².